The van der Waals surface area contributed by atoms with E-state index in [0.717, 1.165) is 34.2 Å². The van der Waals surface area contributed by atoms with Crippen molar-refractivity contribution in [2.24, 2.45) is 0 Å². The molecule has 0 amide bonds. The number of pyridine rings is 1. The van der Waals surface area contributed by atoms with E-state index < -0.39 is 0 Å². The number of anilines is 1. The molecule has 0 bridgehead atoms. The van der Waals surface area contributed by atoms with E-state index in [1.54, 1.807) is 0 Å². The summed E-state index contributed by atoms with van der Waals surface area (Å²) in [4.78, 5) is 6.61. The summed E-state index contributed by atoms with van der Waals surface area (Å²) < 4.78 is 0. The number of nitrogens with zero attached hydrogens (tertiary/aromatic N) is 2. The van der Waals surface area contributed by atoms with Gasteiger partial charge >= 0.3 is 0 Å². The Morgan fingerprint density at radius 1 is 1.21 bits per heavy atom. The molecule has 0 N–H and O–H groups in total. The van der Waals surface area contributed by atoms with Crippen LogP contribution in [0.3, 0.4) is 0 Å². The highest BCUT2D eigenvalue weighted by Crippen LogP contribution is 2.21. The predicted molar refractivity (Wildman–Crippen MR) is 82.1 cm³/mol. The molecule has 2 rings (SSSR count). The molecule has 4 heteroatoms. The van der Waals surface area contributed by atoms with Gasteiger partial charge in [0.1, 0.15) is 5.82 Å². The lowest BCUT2D eigenvalue weighted by atomic mass is 10.2. The zero-order chi connectivity index (χ0) is 13.8. The van der Waals surface area contributed by atoms with Crippen molar-refractivity contribution in [2.45, 2.75) is 19.3 Å². The van der Waals surface area contributed by atoms with Crippen LogP contribution in [0.15, 0.2) is 36.4 Å². The highest BCUT2D eigenvalue weighted by molar-refractivity contribution is 6.31. The van der Waals surface area contributed by atoms with Crippen LogP contribution >= 0.6 is 23.2 Å². The van der Waals surface area contributed by atoms with E-state index in [1.165, 1.54) is 0 Å². The number of halogens is 2. The van der Waals surface area contributed by atoms with Crippen molar-refractivity contribution in [1.82, 2.24) is 4.98 Å². The van der Waals surface area contributed by atoms with Crippen molar-refractivity contribution in [3.63, 3.8) is 0 Å². The van der Waals surface area contributed by atoms with Gasteiger partial charge in [-0.25, -0.2) is 4.98 Å². The zero-order valence-corrected chi connectivity index (χ0v) is 12.5. The molecule has 2 nitrogen and oxygen atoms in total. The van der Waals surface area contributed by atoms with Crippen LogP contribution in [-0.4, -0.2) is 12.0 Å². The van der Waals surface area contributed by atoms with Crippen LogP contribution in [0, 0.1) is 6.92 Å². The summed E-state index contributed by atoms with van der Waals surface area (Å²) >= 11 is 12.1. The summed E-state index contributed by atoms with van der Waals surface area (Å²) in [5, 5.41) is 0.777. The Morgan fingerprint density at radius 3 is 2.63 bits per heavy atom. The average Bonchev–Trinajstić information content (AvgIpc) is 2.40. The second-order valence-corrected chi connectivity index (χ2v) is 5.23. The van der Waals surface area contributed by atoms with Crippen LogP contribution in [0.4, 0.5) is 5.82 Å². The van der Waals surface area contributed by atoms with Gasteiger partial charge in [-0.2, -0.15) is 0 Å². The Kier molecular flexibility index (Phi) is 4.67. The average molecular weight is 295 g/mol. The third-order valence-electron chi connectivity index (χ3n) is 2.91. The number of hydrogen-bond acceptors (Lipinski definition) is 2. The first kappa shape index (κ1) is 14.2. The lowest BCUT2D eigenvalue weighted by Crippen LogP contribution is -2.18. The highest BCUT2D eigenvalue weighted by atomic mass is 35.5. The summed E-state index contributed by atoms with van der Waals surface area (Å²) in [6.07, 6.45) is 0. The van der Waals surface area contributed by atoms with Crippen LogP contribution in [0.25, 0.3) is 0 Å². The van der Waals surface area contributed by atoms with Crippen LogP contribution in [0.5, 0.6) is 0 Å². The fraction of sp³-hybridized carbons (Fsp3) is 0.267. The Hall–Kier alpha value is -1.25. The van der Waals surface area contributed by atoms with Gasteiger partial charge in [-0.3, -0.25) is 0 Å². The first-order chi connectivity index (χ1) is 9.10. The largest absolute Gasteiger partial charge is 0.355 e. The molecule has 0 fully saturated rings. The quantitative estimate of drug-likeness (QED) is 0.776. The molecular weight excluding hydrogens is 279 g/mol. The standard InChI is InChI=1S/C15H16Cl2N2/c1-11-7-12(9-16)8-15(18-11)19(2)10-13-5-3-4-6-14(13)17/h3-8H,9-10H2,1-2H3. The molecular formula is C15H16Cl2N2. The second kappa shape index (κ2) is 6.27. The molecule has 2 aromatic rings. The molecule has 1 heterocycles. The molecule has 0 atom stereocenters. The van der Waals surface area contributed by atoms with E-state index in [0.29, 0.717) is 5.88 Å². The van der Waals surface area contributed by atoms with Gasteiger partial charge in [0.15, 0.2) is 0 Å². The highest BCUT2D eigenvalue weighted by Gasteiger charge is 2.08. The summed E-state index contributed by atoms with van der Waals surface area (Å²) in [5.41, 5.74) is 3.14. The summed E-state index contributed by atoms with van der Waals surface area (Å²) in [6, 6.07) is 11.9. The van der Waals surface area contributed by atoms with Crippen molar-refractivity contribution in [2.75, 3.05) is 11.9 Å². The van der Waals surface area contributed by atoms with Crippen molar-refractivity contribution in [3.05, 3.63) is 58.2 Å². The minimum absolute atomic E-state index is 0.496. The molecule has 0 spiro atoms. The number of aromatic nitrogens is 1. The van der Waals surface area contributed by atoms with Crippen LogP contribution in [0.1, 0.15) is 16.8 Å². The zero-order valence-electron chi connectivity index (χ0n) is 11.0. The van der Waals surface area contributed by atoms with Crippen molar-refractivity contribution < 1.29 is 0 Å². The fourth-order valence-electron chi connectivity index (χ4n) is 1.96. The van der Waals surface area contributed by atoms with Crippen molar-refractivity contribution in [1.29, 1.82) is 0 Å². The molecule has 0 aliphatic rings. The lowest BCUT2D eigenvalue weighted by molar-refractivity contribution is 0.890. The van der Waals surface area contributed by atoms with Gasteiger partial charge in [-0.1, -0.05) is 29.8 Å². The molecule has 100 valence electrons. The first-order valence-electron chi connectivity index (χ1n) is 6.08. The number of hydrogen-bond donors (Lipinski definition) is 0. The smallest absolute Gasteiger partial charge is 0.129 e. The fourth-order valence-corrected chi connectivity index (χ4v) is 2.31. The van der Waals surface area contributed by atoms with Crippen LogP contribution < -0.4 is 4.90 Å². The van der Waals surface area contributed by atoms with E-state index in [1.807, 2.05) is 50.4 Å². The molecule has 0 aliphatic carbocycles. The molecule has 19 heavy (non-hydrogen) atoms. The monoisotopic (exact) mass is 294 g/mol. The second-order valence-electron chi connectivity index (χ2n) is 4.56. The molecule has 1 aromatic heterocycles. The number of rotatable bonds is 4. The summed E-state index contributed by atoms with van der Waals surface area (Å²) in [7, 11) is 2.00. The van der Waals surface area contributed by atoms with Crippen molar-refractivity contribution in [3.8, 4) is 0 Å². The number of alkyl halides is 1. The lowest BCUT2D eigenvalue weighted by Gasteiger charge is -2.20. The summed E-state index contributed by atoms with van der Waals surface area (Å²) in [5.74, 6) is 1.41. The summed E-state index contributed by atoms with van der Waals surface area (Å²) in [6.45, 7) is 2.70. The van der Waals surface area contributed by atoms with E-state index in [-0.39, 0.29) is 0 Å². The van der Waals surface area contributed by atoms with Gasteiger partial charge in [-0.15, -0.1) is 11.6 Å². The van der Waals surface area contributed by atoms with E-state index in [4.69, 9.17) is 23.2 Å². The topological polar surface area (TPSA) is 16.1 Å². The van der Waals surface area contributed by atoms with Gasteiger partial charge in [-0.05, 0) is 36.2 Å². The minimum Gasteiger partial charge on any atom is -0.355 e. The maximum absolute atomic E-state index is 6.18. The molecule has 0 unspecified atom stereocenters. The van der Waals surface area contributed by atoms with Crippen LogP contribution in [0.2, 0.25) is 5.02 Å². The molecule has 0 aliphatic heterocycles. The third-order valence-corrected chi connectivity index (χ3v) is 3.59. The van der Waals surface area contributed by atoms with E-state index >= 15 is 0 Å². The number of benzene rings is 1. The Labute approximate surface area is 124 Å². The van der Waals surface area contributed by atoms with E-state index in [9.17, 15) is 0 Å². The minimum atomic E-state index is 0.496. The number of aryl methyl sites for hydroxylation is 1. The Balaban J connectivity index is 2.22. The van der Waals surface area contributed by atoms with E-state index in [2.05, 4.69) is 9.88 Å². The van der Waals surface area contributed by atoms with Crippen LogP contribution in [-0.2, 0) is 12.4 Å². The molecule has 1 aromatic carbocycles. The SMILES string of the molecule is Cc1cc(CCl)cc(N(C)Cc2ccccc2Cl)n1. The molecule has 0 saturated carbocycles. The Bertz CT molecular complexity index is 570. The maximum Gasteiger partial charge on any atom is 0.129 e. The van der Waals surface area contributed by atoms with Gasteiger partial charge in [0.05, 0.1) is 0 Å². The van der Waals surface area contributed by atoms with Gasteiger partial charge in [0.25, 0.3) is 0 Å². The van der Waals surface area contributed by atoms with Crippen molar-refractivity contribution >= 4 is 29.0 Å². The normalized spacial score (nSPS) is 10.5. The third kappa shape index (κ3) is 3.62. The maximum atomic E-state index is 6.18. The molecule has 0 saturated heterocycles. The first-order valence-corrected chi connectivity index (χ1v) is 6.99. The molecule has 0 radical (unpaired) electrons. The van der Waals surface area contributed by atoms with Gasteiger partial charge in [0, 0.05) is 30.2 Å². The predicted octanol–water partition coefficient (Wildman–Crippen LogP) is 4.42. The Morgan fingerprint density at radius 2 is 1.95 bits per heavy atom. The van der Waals surface area contributed by atoms with Gasteiger partial charge in [0.2, 0.25) is 0 Å². The van der Waals surface area contributed by atoms with Gasteiger partial charge < -0.3 is 4.90 Å².